The van der Waals surface area contributed by atoms with Gasteiger partial charge < -0.3 is 9.84 Å². The number of piperidine rings is 1. The van der Waals surface area contributed by atoms with Gasteiger partial charge in [-0.2, -0.15) is 13.2 Å². The molecule has 0 aromatic heterocycles. The van der Waals surface area contributed by atoms with Gasteiger partial charge in [-0.15, -0.1) is 0 Å². The Morgan fingerprint density at radius 3 is 2.53 bits per heavy atom. The van der Waals surface area contributed by atoms with Crippen LogP contribution in [-0.2, 0) is 11.0 Å². The molecular formula is C22H23ClF3NO3. The maximum atomic E-state index is 13.4. The number of carboxylic acid groups (broad SMARTS) is 1. The van der Waals surface area contributed by atoms with Crippen molar-refractivity contribution in [1.82, 2.24) is 4.90 Å². The van der Waals surface area contributed by atoms with Gasteiger partial charge in [0.25, 0.3) is 0 Å². The van der Waals surface area contributed by atoms with Crippen molar-refractivity contribution in [2.24, 2.45) is 0 Å². The van der Waals surface area contributed by atoms with Gasteiger partial charge in [-0.1, -0.05) is 30.2 Å². The van der Waals surface area contributed by atoms with Crippen molar-refractivity contribution in [1.29, 1.82) is 0 Å². The molecule has 8 heteroatoms. The fraction of sp³-hybridized carbons (Fsp3) is 0.409. The molecule has 2 atom stereocenters. The van der Waals surface area contributed by atoms with E-state index in [0.29, 0.717) is 30.9 Å². The lowest BCUT2D eigenvalue weighted by atomic mass is 9.90. The van der Waals surface area contributed by atoms with Crippen molar-refractivity contribution in [3.05, 3.63) is 64.2 Å². The largest absolute Gasteiger partial charge is 0.494 e. The Morgan fingerprint density at radius 2 is 1.93 bits per heavy atom. The standard InChI is InChI=1S/C22H23ClF3NO3/c1-2-30-16-9-6-14(7-10-16)20(27-12-4-3-5-19(27)21(28)29)17-13-15(22(24,25)26)8-11-18(17)23/h6-11,13,19-20H,2-5,12H2,1H3,(H,28,29). The van der Waals surface area contributed by atoms with Crippen LogP contribution in [0.4, 0.5) is 13.2 Å². The van der Waals surface area contributed by atoms with E-state index in [9.17, 15) is 23.1 Å². The molecule has 1 saturated heterocycles. The van der Waals surface area contributed by atoms with Crippen LogP contribution in [-0.4, -0.2) is 35.2 Å². The molecule has 2 unspecified atom stereocenters. The SMILES string of the molecule is CCOc1ccc(C(c2cc(C(F)(F)F)ccc2Cl)N2CCCCC2C(=O)O)cc1. The number of halogens is 4. The summed E-state index contributed by atoms with van der Waals surface area (Å²) in [5, 5.41) is 9.91. The van der Waals surface area contributed by atoms with Crippen LogP contribution in [0.2, 0.25) is 5.02 Å². The van der Waals surface area contributed by atoms with Crippen LogP contribution >= 0.6 is 11.6 Å². The molecule has 0 spiro atoms. The lowest BCUT2D eigenvalue weighted by Gasteiger charge is -2.40. The number of carbonyl (C=O) groups is 1. The molecule has 3 rings (SSSR count). The average molecular weight is 442 g/mol. The number of likely N-dealkylation sites (tertiary alicyclic amines) is 1. The van der Waals surface area contributed by atoms with E-state index >= 15 is 0 Å². The van der Waals surface area contributed by atoms with Gasteiger partial charge in [0.1, 0.15) is 11.8 Å². The molecule has 1 aliphatic rings. The predicted octanol–water partition coefficient (Wildman–Crippen LogP) is 5.79. The molecular weight excluding hydrogens is 419 g/mol. The van der Waals surface area contributed by atoms with Crippen molar-refractivity contribution < 1.29 is 27.8 Å². The number of hydrogen-bond donors (Lipinski definition) is 1. The number of carboxylic acids is 1. The zero-order valence-corrected chi connectivity index (χ0v) is 17.2. The highest BCUT2D eigenvalue weighted by molar-refractivity contribution is 6.31. The van der Waals surface area contributed by atoms with Gasteiger partial charge in [0.2, 0.25) is 0 Å². The number of hydrogen-bond acceptors (Lipinski definition) is 3. The summed E-state index contributed by atoms with van der Waals surface area (Å²) in [6.07, 6.45) is -2.59. The molecule has 1 aliphatic heterocycles. The maximum Gasteiger partial charge on any atom is 0.416 e. The minimum Gasteiger partial charge on any atom is -0.494 e. The first-order valence-corrected chi connectivity index (χ1v) is 10.2. The molecule has 4 nitrogen and oxygen atoms in total. The van der Waals surface area contributed by atoms with Crippen LogP contribution in [0.3, 0.4) is 0 Å². The molecule has 1 heterocycles. The lowest BCUT2D eigenvalue weighted by molar-refractivity contribution is -0.145. The molecule has 30 heavy (non-hydrogen) atoms. The highest BCUT2D eigenvalue weighted by Gasteiger charge is 2.38. The minimum absolute atomic E-state index is 0.164. The average Bonchev–Trinajstić information content (AvgIpc) is 2.70. The van der Waals surface area contributed by atoms with E-state index < -0.39 is 29.8 Å². The Labute approximate surface area is 178 Å². The van der Waals surface area contributed by atoms with Crippen LogP contribution in [0.25, 0.3) is 0 Å². The van der Waals surface area contributed by atoms with E-state index in [4.69, 9.17) is 16.3 Å². The van der Waals surface area contributed by atoms with Gasteiger partial charge in [0.05, 0.1) is 18.2 Å². The predicted molar refractivity (Wildman–Crippen MR) is 108 cm³/mol. The molecule has 0 amide bonds. The van der Waals surface area contributed by atoms with Gasteiger partial charge in [0.15, 0.2) is 0 Å². The Morgan fingerprint density at radius 1 is 1.23 bits per heavy atom. The van der Waals surface area contributed by atoms with E-state index in [1.165, 1.54) is 6.07 Å². The molecule has 0 bridgehead atoms. The molecule has 162 valence electrons. The second kappa shape index (κ2) is 9.27. The number of nitrogens with zero attached hydrogens (tertiary/aromatic N) is 1. The molecule has 1 N–H and O–H groups in total. The fourth-order valence-electron chi connectivity index (χ4n) is 3.92. The van der Waals surface area contributed by atoms with Crippen molar-refractivity contribution in [3.63, 3.8) is 0 Å². The Balaban J connectivity index is 2.13. The third-order valence-electron chi connectivity index (χ3n) is 5.29. The zero-order chi connectivity index (χ0) is 21.9. The summed E-state index contributed by atoms with van der Waals surface area (Å²) in [7, 11) is 0. The Kier molecular flexibility index (Phi) is 6.93. The summed E-state index contributed by atoms with van der Waals surface area (Å²) in [5.74, 6) is -0.364. The van der Waals surface area contributed by atoms with Gasteiger partial charge in [0, 0.05) is 5.02 Å². The summed E-state index contributed by atoms with van der Waals surface area (Å²) in [6, 6.07) is 8.61. The lowest BCUT2D eigenvalue weighted by Crippen LogP contribution is -2.47. The highest BCUT2D eigenvalue weighted by atomic mass is 35.5. The summed E-state index contributed by atoms with van der Waals surface area (Å²) in [5.41, 5.74) is 0.0818. The first-order valence-electron chi connectivity index (χ1n) is 9.80. The van der Waals surface area contributed by atoms with Crippen molar-refractivity contribution in [3.8, 4) is 5.75 Å². The minimum atomic E-state index is -4.53. The molecule has 0 saturated carbocycles. The van der Waals surface area contributed by atoms with Gasteiger partial charge in [-0.3, -0.25) is 9.69 Å². The molecule has 0 radical (unpaired) electrons. The summed E-state index contributed by atoms with van der Waals surface area (Å²) in [6.45, 7) is 2.78. The van der Waals surface area contributed by atoms with E-state index in [0.717, 1.165) is 25.0 Å². The number of benzene rings is 2. The Bertz CT molecular complexity index is 886. The van der Waals surface area contributed by atoms with Crippen LogP contribution in [0.5, 0.6) is 5.75 Å². The van der Waals surface area contributed by atoms with E-state index in [-0.39, 0.29) is 10.6 Å². The number of rotatable bonds is 6. The van der Waals surface area contributed by atoms with E-state index in [1.54, 1.807) is 29.2 Å². The first kappa shape index (κ1) is 22.4. The van der Waals surface area contributed by atoms with E-state index in [2.05, 4.69) is 0 Å². The fourth-order valence-corrected chi connectivity index (χ4v) is 4.14. The maximum absolute atomic E-state index is 13.4. The number of aliphatic carboxylic acids is 1. The Hall–Kier alpha value is -2.25. The van der Waals surface area contributed by atoms with Gasteiger partial charge >= 0.3 is 12.1 Å². The summed E-state index contributed by atoms with van der Waals surface area (Å²) >= 11 is 6.35. The zero-order valence-electron chi connectivity index (χ0n) is 16.5. The first-order chi connectivity index (χ1) is 14.2. The molecule has 2 aromatic carbocycles. The number of ether oxygens (including phenoxy) is 1. The van der Waals surface area contributed by atoms with Gasteiger partial charge in [-0.25, -0.2) is 0 Å². The van der Waals surface area contributed by atoms with Crippen molar-refractivity contribution in [2.45, 2.75) is 44.4 Å². The number of alkyl halides is 3. The second-order valence-electron chi connectivity index (χ2n) is 7.23. The quantitative estimate of drug-likeness (QED) is 0.616. The molecule has 0 aliphatic carbocycles. The normalized spacial score (nSPS) is 18.8. The topological polar surface area (TPSA) is 49.8 Å². The van der Waals surface area contributed by atoms with Crippen LogP contribution < -0.4 is 4.74 Å². The van der Waals surface area contributed by atoms with Crippen molar-refractivity contribution in [2.75, 3.05) is 13.2 Å². The third-order valence-corrected chi connectivity index (χ3v) is 5.63. The van der Waals surface area contributed by atoms with Crippen LogP contribution in [0.15, 0.2) is 42.5 Å². The monoisotopic (exact) mass is 441 g/mol. The van der Waals surface area contributed by atoms with Crippen molar-refractivity contribution >= 4 is 17.6 Å². The molecule has 1 fully saturated rings. The van der Waals surface area contributed by atoms with Crippen LogP contribution in [0, 0.1) is 0 Å². The summed E-state index contributed by atoms with van der Waals surface area (Å²) in [4.78, 5) is 13.6. The third kappa shape index (κ3) is 4.90. The second-order valence-corrected chi connectivity index (χ2v) is 7.63. The van der Waals surface area contributed by atoms with E-state index in [1.807, 2.05) is 6.92 Å². The smallest absolute Gasteiger partial charge is 0.416 e. The summed E-state index contributed by atoms with van der Waals surface area (Å²) < 4.78 is 45.6. The van der Waals surface area contributed by atoms with Gasteiger partial charge in [-0.05, 0) is 67.8 Å². The highest BCUT2D eigenvalue weighted by Crippen LogP contribution is 2.40. The molecule has 2 aromatic rings. The van der Waals surface area contributed by atoms with Crippen LogP contribution in [0.1, 0.15) is 48.9 Å².